The van der Waals surface area contributed by atoms with E-state index < -0.39 is 0 Å². The molecule has 0 spiro atoms. The zero-order chi connectivity index (χ0) is 21.6. The summed E-state index contributed by atoms with van der Waals surface area (Å²) in [5, 5.41) is 12.1. The number of hydrogen-bond donors (Lipinski definition) is 0. The molecule has 1 aliphatic heterocycles. The zero-order valence-electron chi connectivity index (χ0n) is 17.1. The summed E-state index contributed by atoms with van der Waals surface area (Å²) in [6.45, 7) is 3.11. The number of nitrogens with zero attached hydrogens (tertiary/aromatic N) is 6. The van der Waals surface area contributed by atoms with Crippen molar-refractivity contribution in [1.82, 2.24) is 30.0 Å². The molecule has 0 N–H and O–H groups in total. The van der Waals surface area contributed by atoms with Crippen LogP contribution < -0.4 is 9.47 Å². The Labute approximate surface area is 179 Å². The van der Waals surface area contributed by atoms with E-state index in [2.05, 4.69) is 20.4 Å². The Hall–Kier alpha value is -3.53. The molecule has 2 heterocycles. The molecule has 1 saturated heterocycles. The van der Waals surface area contributed by atoms with Gasteiger partial charge >= 0.3 is 0 Å². The number of aromatic nitrogens is 4. The van der Waals surface area contributed by atoms with Crippen molar-refractivity contribution in [2.24, 2.45) is 0 Å². The average Bonchev–Trinajstić information content (AvgIpc) is 3.27. The number of rotatable bonds is 7. The van der Waals surface area contributed by atoms with Crippen LogP contribution in [0.1, 0.15) is 5.82 Å². The summed E-state index contributed by atoms with van der Waals surface area (Å²) in [6.07, 6.45) is 0. The third-order valence-electron chi connectivity index (χ3n) is 5.12. The predicted molar refractivity (Wildman–Crippen MR) is 109 cm³/mol. The highest BCUT2D eigenvalue weighted by Crippen LogP contribution is 2.16. The van der Waals surface area contributed by atoms with Crippen LogP contribution >= 0.6 is 0 Å². The Morgan fingerprint density at radius 2 is 1.68 bits per heavy atom. The molecule has 1 aliphatic rings. The van der Waals surface area contributed by atoms with Crippen LogP contribution in [0.15, 0.2) is 48.5 Å². The van der Waals surface area contributed by atoms with Gasteiger partial charge < -0.3 is 14.4 Å². The Bertz CT molecular complexity index is 1000. The second kappa shape index (κ2) is 9.52. The Kier molecular flexibility index (Phi) is 6.37. The molecule has 1 amide bonds. The van der Waals surface area contributed by atoms with Gasteiger partial charge in [-0.1, -0.05) is 0 Å². The van der Waals surface area contributed by atoms with E-state index in [-0.39, 0.29) is 18.3 Å². The molecule has 0 unspecified atom stereocenters. The minimum atomic E-state index is -0.340. The fourth-order valence-corrected chi connectivity index (χ4v) is 3.35. The molecular formula is C21H23FN6O3. The monoisotopic (exact) mass is 426 g/mol. The molecule has 10 heteroatoms. The normalized spacial score (nSPS) is 14.5. The van der Waals surface area contributed by atoms with E-state index in [0.717, 1.165) is 17.3 Å². The number of methoxy groups -OCH3 is 1. The van der Waals surface area contributed by atoms with Gasteiger partial charge in [-0.2, -0.15) is 4.68 Å². The van der Waals surface area contributed by atoms with Crippen LogP contribution in [0, 0.1) is 5.82 Å². The van der Waals surface area contributed by atoms with Crippen LogP contribution in [0.2, 0.25) is 0 Å². The highest BCUT2D eigenvalue weighted by atomic mass is 19.1. The van der Waals surface area contributed by atoms with Gasteiger partial charge in [-0.3, -0.25) is 9.69 Å². The van der Waals surface area contributed by atoms with Gasteiger partial charge in [-0.15, -0.1) is 5.10 Å². The van der Waals surface area contributed by atoms with Gasteiger partial charge in [0.25, 0.3) is 5.91 Å². The van der Waals surface area contributed by atoms with Gasteiger partial charge in [-0.25, -0.2) is 4.39 Å². The number of carbonyl (C=O) groups excluding carboxylic acids is 1. The number of piperazine rings is 1. The van der Waals surface area contributed by atoms with Crippen LogP contribution in [-0.4, -0.2) is 75.8 Å². The van der Waals surface area contributed by atoms with Crippen LogP contribution in [-0.2, 0) is 11.3 Å². The van der Waals surface area contributed by atoms with E-state index in [4.69, 9.17) is 9.47 Å². The largest absolute Gasteiger partial charge is 0.497 e. The Morgan fingerprint density at radius 1 is 1.00 bits per heavy atom. The van der Waals surface area contributed by atoms with E-state index in [1.165, 1.54) is 24.3 Å². The first-order valence-electron chi connectivity index (χ1n) is 9.92. The van der Waals surface area contributed by atoms with Gasteiger partial charge in [-0.05, 0) is 59.0 Å². The Balaban J connectivity index is 1.28. The molecule has 31 heavy (non-hydrogen) atoms. The maximum Gasteiger partial charge on any atom is 0.260 e. The average molecular weight is 426 g/mol. The third kappa shape index (κ3) is 5.15. The number of carbonyl (C=O) groups is 1. The third-order valence-corrected chi connectivity index (χ3v) is 5.12. The van der Waals surface area contributed by atoms with Crippen LogP contribution in [0.25, 0.3) is 5.69 Å². The van der Waals surface area contributed by atoms with Gasteiger partial charge in [0, 0.05) is 26.2 Å². The van der Waals surface area contributed by atoms with E-state index in [9.17, 15) is 9.18 Å². The number of tetrazole rings is 1. The quantitative estimate of drug-likeness (QED) is 0.566. The fraction of sp³-hybridized carbons (Fsp3) is 0.333. The lowest BCUT2D eigenvalue weighted by molar-refractivity contribution is -0.135. The van der Waals surface area contributed by atoms with Crippen molar-refractivity contribution in [2.45, 2.75) is 6.54 Å². The summed E-state index contributed by atoms with van der Waals surface area (Å²) < 4.78 is 25.3. The number of hydrogen-bond acceptors (Lipinski definition) is 7. The molecule has 162 valence electrons. The van der Waals surface area contributed by atoms with E-state index in [0.29, 0.717) is 38.5 Å². The summed E-state index contributed by atoms with van der Waals surface area (Å²) in [6, 6.07) is 13.1. The lowest BCUT2D eigenvalue weighted by Gasteiger charge is -2.34. The first-order valence-corrected chi connectivity index (χ1v) is 9.92. The molecule has 0 bridgehead atoms. The van der Waals surface area contributed by atoms with Gasteiger partial charge in [0.05, 0.1) is 19.3 Å². The molecule has 0 radical (unpaired) electrons. The molecular weight excluding hydrogens is 403 g/mol. The lowest BCUT2D eigenvalue weighted by Crippen LogP contribution is -2.49. The summed E-state index contributed by atoms with van der Waals surface area (Å²) in [7, 11) is 1.62. The van der Waals surface area contributed by atoms with Crippen molar-refractivity contribution in [3.05, 3.63) is 60.2 Å². The topological polar surface area (TPSA) is 85.6 Å². The second-order valence-corrected chi connectivity index (χ2v) is 7.10. The Morgan fingerprint density at radius 3 is 2.35 bits per heavy atom. The molecule has 0 saturated carbocycles. The number of halogens is 1. The molecule has 1 aromatic heterocycles. The molecule has 1 fully saturated rings. The molecule has 0 atom stereocenters. The second-order valence-electron chi connectivity index (χ2n) is 7.10. The standard InChI is InChI=1S/C21H23FN6O3/c1-30-18-8-4-17(5-9-18)28-20(23-24-25-28)14-26-10-12-27(13-11-26)21(29)15-31-19-6-2-16(22)3-7-19/h2-9H,10-15H2,1H3. The summed E-state index contributed by atoms with van der Waals surface area (Å²) in [5.41, 5.74) is 0.854. The van der Waals surface area contributed by atoms with E-state index in [1.54, 1.807) is 16.7 Å². The van der Waals surface area contributed by atoms with Crippen LogP contribution in [0.5, 0.6) is 11.5 Å². The summed E-state index contributed by atoms with van der Waals surface area (Å²) in [5.74, 6) is 1.53. The lowest BCUT2D eigenvalue weighted by atomic mass is 10.3. The highest BCUT2D eigenvalue weighted by Gasteiger charge is 2.23. The minimum absolute atomic E-state index is 0.0681. The van der Waals surface area contributed by atoms with Crippen molar-refractivity contribution in [2.75, 3.05) is 39.9 Å². The number of ether oxygens (including phenoxy) is 2. The first kappa shape index (κ1) is 20.7. The van der Waals surface area contributed by atoms with Gasteiger partial charge in [0.2, 0.25) is 0 Å². The smallest absolute Gasteiger partial charge is 0.260 e. The first-order chi connectivity index (χ1) is 15.1. The van der Waals surface area contributed by atoms with Crippen molar-refractivity contribution < 1.29 is 18.7 Å². The molecule has 3 aromatic rings. The van der Waals surface area contributed by atoms with Crippen molar-refractivity contribution >= 4 is 5.91 Å². The molecule has 4 rings (SSSR count). The highest BCUT2D eigenvalue weighted by molar-refractivity contribution is 5.77. The minimum Gasteiger partial charge on any atom is -0.497 e. The number of benzene rings is 2. The van der Waals surface area contributed by atoms with Gasteiger partial charge in [0.15, 0.2) is 12.4 Å². The summed E-state index contributed by atoms with van der Waals surface area (Å²) >= 11 is 0. The number of amides is 1. The summed E-state index contributed by atoms with van der Waals surface area (Å²) in [4.78, 5) is 16.4. The molecule has 2 aromatic carbocycles. The zero-order valence-corrected chi connectivity index (χ0v) is 17.1. The SMILES string of the molecule is COc1ccc(-n2nnnc2CN2CCN(C(=O)COc3ccc(F)cc3)CC2)cc1. The maximum atomic E-state index is 12.9. The van der Waals surface area contributed by atoms with Crippen molar-refractivity contribution in [3.63, 3.8) is 0 Å². The maximum absolute atomic E-state index is 12.9. The van der Waals surface area contributed by atoms with Crippen LogP contribution in [0.3, 0.4) is 0 Å². The van der Waals surface area contributed by atoms with Crippen LogP contribution in [0.4, 0.5) is 4.39 Å². The predicted octanol–water partition coefficient (Wildman–Crippen LogP) is 1.53. The van der Waals surface area contributed by atoms with Gasteiger partial charge in [0.1, 0.15) is 17.3 Å². The molecule has 0 aliphatic carbocycles. The van der Waals surface area contributed by atoms with Crippen molar-refractivity contribution in [1.29, 1.82) is 0 Å². The van der Waals surface area contributed by atoms with Crippen molar-refractivity contribution in [3.8, 4) is 17.2 Å². The molecule has 9 nitrogen and oxygen atoms in total. The van der Waals surface area contributed by atoms with E-state index >= 15 is 0 Å². The fourth-order valence-electron chi connectivity index (χ4n) is 3.35. The van der Waals surface area contributed by atoms with E-state index in [1.807, 2.05) is 24.3 Å².